The van der Waals surface area contributed by atoms with Crippen LogP contribution >= 0.6 is 23.2 Å². The third-order valence-electron chi connectivity index (χ3n) is 5.66. The molecule has 1 fully saturated rings. The van der Waals surface area contributed by atoms with Crippen molar-refractivity contribution in [2.45, 2.75) is 31.7 Å². The van der Waals surface area contributed by atoms with Crippen LogP contribution in [-0.4, -0.2) is 35.7 Å². The Kier molecular flexibility index (Phi) is 7.60. The molecule has 0 aromatic heterocycles. The third-order valence-corrected chi connectivity index (χ3v) is 6.34. The summed E-state index contributed by atoms with van der Waals surface area (Å²) in [6, 6.07) is 12.3. The van der Waals surface area contributed by atoms with Crippen LogP contribution in [0, 0.1) is 5.92 Å². The van der Waals surface area contributed by atoms with Crippen LogP contribution in [0.3, 0.4) is 0 Å². The quantitative estimate of drug-likeness (QED) is 0.467. The summed E-state index contributed by atoms with van der Waals surface area (Å²) >= 11 is 12.8. The number of carboxylic acids is 1. The number of benzene rings is 2. The Morgan fingerprint density at radius 1 is 1.15 bits per heavy atom. The second-order valence-electron chi connectivity index (χ2n) is 7.95. The number of phenols is 1. The summed E-state index contributed by atoms with van der Waals surface area (Å²) in [6.45, 7) is 0.578. The fraction of sp³-hybridized carbons (Fsp3) is 0.320. The molecule has 0 saturated carbocycles. The zero-order chi connectivity index (χ0) is 23.4. The summed E-state index contributed by atoms with van der Waals surface area (Å²) in [5.74, 6) is -0.131. The Hall–Kier alpha value is -2.51. The largest absolute Gasteiger partial charge is 0.508 e. The molecule has 174 valence electrons. The number of phenolic OH excluding ortho intramolecular Hbond substituents is 1. The smallest absolute Gasteiger partial charge is 0.303 e. The number of rotatable bonds is 7. The number of allylic oxidation sites excluding steroid dienone is 2. The maximum atomic E-state index is 10.7. The molecular weight excluding hydrogens is 467 g/mol. The lowest BCUT2D eigenvalue weighted by Gasteiger charge is -2.38. The van der Waals surface area contributed by atoms with E-state index in [0.29, 0.717) is 52.0 Å². The molecule has 2 aliphatic rings. The first-order valence-electron chi connectivity index (χ1n) is 10.7. The summed E-state index contributed by atoms with van der Waals surface area (Å²) in [6.07, 6.45) is 3.71. The van der Waals surface area contributed by atoms with Gasteiger partial charge in [0.05, 0.1) is 17.7 Å². The summed E-state index contributed by atoms with van der Waals surface area (Å²) in [5.41, 5.74) is 1.99. The molecule has 2 aromatic carbocycles. The SMILES string of the molecule is O=C(O)CCC=CC[C@@H]1COC(C2=C(Cl)c3cc(Cl)ccc3OC2)O[C@@H]1c1ccccc1O. The number of fused-ring (bicyclic) bond motifs is 1. The molecule has 0 aliphatic carbocycles. The second kappa shape index (κ2) is 10.6. The molecule has 1 unspecified atom stereocenters. The van der Waals surface area contributed by atoms with E-state index >= 15 is 0 Å². The van der Waals surface area contributed by atoms with Crippen molar-refractivity contribution in [1.29, 1.82) is 0 Å². The van der Waals surface area contributed by atoms with Gasteiger partial charge in [-0.25, -0.2) is 0 Å². The fourth-order valence-corrected chi connectivity index (χ4v) is 4.43. The first-order chi connectivity index (χ1) is 15.9. The van der Waals surface area contributed by atoms with Gasteiger partial charge >= 0.3 is 5.97 Å². The predicted octanol–water partition coefficient (Wildman–Crippen LogP) is 5.93. The van der Waals surface area contributed by atoms with Gasteiger partial charge in [-0.15, -0.1) is 0 Å². The highest BCUT2D eigenvalue weighted by Crippen LogP contribution is 2.44. The van der Waals surface area contributed by atoms with Crippen molar-refractivity contribution in [3.05, 3.63) is 76.3 Å². The number of para-hydroxylation sites is 1. The summed E-state index contributed by atoms with van der Waals surface area (Å²) in [5, 5.41) is 20.3. The Labute approximate surface area is 202 Å². The normalized spacial score (nSPS) is 22.8. The highest BCUT2D eigenvalue weighted by Gasteiger charge is 2.37. The van der Waals surface area contributed by atoms with Gasteiger partial charge in [-0.1, -0.05) is 53.6 Å². The minimum Gasteiger partial charge on any atom is -0.508 e. The van der Waals surface area contributed by atoms with Crippen molar-refractivity contribution in [1.82, 2.24) is 0 Å². The van der Waals surface area contributed by atoms with E-state index in [4.69, 9.17) is 42.5 Å². The van der Waals surface area contributed by atoms with E-state index in [2.05, 4.69) is 0 Å². The van der Waals surface area contributed by atoms with Crippen LogP contribution < -0.4 is 4.74 Å². The summed E-state index contributed by atoms with van der Waals surface area (Å²) < 4.78 is 18.2. The molecule has 0 bridgehead atoms. The Morgan fingerprint density at radius 3 is 2.76 bits per heavy atom. The van der Waals surface area contributed by atoms with Crippen molar-refractivity contribution in [3.63, 3.8) is 0 Å². The monoisotopic (exact) mass is 490 g/mol. The number of ether oxygens (including phenoxy) is 3. The number of hydrogen-bond donors (Lipinski definition) is 2. The van der Waals surface area contributed by atoms with E-state index in [1.165, 1.54) is 0 Å². The van der Waals surface area contributed by atoms with Gasteiger partial charge in [-0.3, -0.25) is 4.79 Å². The summed E-state index contributed by atoms with van der Waals surface area (Å²) in [4.78, 5) is 10.7. The van der Waals surface area contributed by atoms with Crippen molar-refractivity contribution in [2.24, 2.45) is 5.92 Å². The van der Waals surface area contributed by atoms with Crippen LogP contribution in [-0.2, 0) is 14.3 Å². The lowest BCUT2D eigenvalue weighted by molar-refractivity contribution is -0.222. The van der Waals surface area contributed by atoms with E-state index in [0.717, 1.165) is 0 Å². The van der Waals surface area contributed by atoms with Gasteiger partial charge < -0.3 is 24.4 Å². The first-order valence-corrected chi connectivity index (χ1v) is 11.4. The molecular formula is C25H24Cl2O6. The van der Waals surface area contributed by atoms with Crippen LogP contribution in [0.25, 0.3) is 5.03 Å². The first kappa shape index (κ1) is 23.6. The standard InChI is InChI=1S/C25H24Cl2O6/c26-16-10-11-21-18(12-16)23(27)19(14-31-21)25-32-13-15(6-2-1-3-9-22(29)30)24(33-25)17-7-4-5-8-20(17)28/h1-2,4-5,7-8,10-12,15,24-25,28H,3,6,9,13-14H2,(H,29,30)/t15-,24+,25?/m1/s1. The number of hydrogen-bond acceptors (Lipinski definition) is 5. The fourth-order valence-electron chi connectivity index (χ4n) is 3.97. The van der Waals surface area contributed by atoms with Crippen molar-refractivity contribution in [3.8, 4) is 11.5 Å². The van der Waals surface area contributed by atoms with Crippen molar-refractivity contribution >= 4 is 34.2 Å². The zero-order valence-corrected chi connectivity index (χ0v) is 19.3. The molecule has 0 radical (unpaired) electrons. The number of aromatic hydroxyl groups is 1. The molecule has 3 atom stereocenters. The average Bonchev–Trinajstić information content (AvgIpc) is 2.80. The molecule has 2 N–H and O–H groups in total. The molecule has 2 aliphatic heterocycles. The zero-order valence-electron chi connectivity index (χ0n) is 17.7. The molecule has 33 heavy (non-hydrogen) atoms. The Bertz CT molecular complexity index is 1080. The van der Waals surface area contributed by atoms with Crippen LogP contribution in [0.1, 0.15) is 36.5 Å². The van der Waals surface area contributed by atoms with Gasteiger partial charge in [0.25, 0.3) is 0 Å². The predicted molar refractivity (Wildman–Crippen MR) is 126 cm³/mol. The van der Waals surface area contributed by atoms with E-state index in [-0.39, 0.29) is 24.7 Å². The van der Waals surface area contributed by atoms with Crippen LogP contribution in [0.4, 0.5) is 0 Å². The van der Waals surface area contributed by atoms with Crippen molar-refractivity contribution in [2.75, 3.05) is 13.2 Å². The highest BCUT2D eigenvalue weighted by atomic mass is 35.5. The minimum absolute atomic E-state index is 0.0806. The summed E-state index contributed by atoms with van der Waals surface area (Å²) in [7, 11) is 0. The maximum absolute atomic E-state index is 10.7. The molecule has 1 saturated heterocycles. The number of carboxylic acid groups (broad SMARTS) is 1. The van der Waals surface area contributed by atoms with Crippen molar-refractivity contribution < 1.29 is 29.2 Å². The molecule has 2 aromatic rings. The van der Waals surface area contributed by atoms with Gasteiger partial charge in [0.2, 0.25) is 0 Å². The van der Waals surface area contributed by atoms with E-state index < -0.39 is 18.4 Å². The number of aliphatic carboxylic acids is 1. The number of halogens is 2. The average molecular weight is 491 g/mol. The molecule has 6 nitrogen and oxygen atoms in total. The molecule has 0 amide bonds. The molecule has 4 rings (SSSR count). The third kappa shape index (κ3) is 5.53. The second-order valence-corrected chi connectivity index (χ2v) is 8.76. The van der Waals surface area contributed by atoms with Gasteiger partial charge in [-0.05, 0) is 37.1 Å². The van der Waals surface area contributed by atoms with Gasteiger partial charge in [0.15, 0.2) is 6.29 Å². The molecule has 0 spiro atoms. The molecule has 2 heterocycles. The Balaban J connectivity index is 1.57. The van der Waals surface area contributed by atoms with Gasteiger partial charge in [0.1, 0.15) is 18.1 Å². The highest BCUT2D eigenvalue weighted by molar-refractivity contribution is 6.50. The van der Waals surface area contributed by atoms with Crippen LogP contribution in [0.2, 0.25) is 5.02 Å². The van der Waals surface area contributed by atoms with E-state index in [1.54, 1.807) is 30.3 Å². The Morgan fingerprint density at radius 2 is 1.97 bits per heavy atom. The lowest BCUT2D eigenvalue weighted by Crippen LogP contribution is -2.38. The van der Waals surface area contributed by atoms with Crippen LogP contribution in [0.15, 0.2) is 60.2 Å². The maximum Gasteiger partial charge on any atom is 0.303 e. The molecule has 8 heteroatoms. The van der Waals surface area contributed by atoms with Crippen LogP contribution in [0.5, 0.6) is 11.5 Å². The van der Waals surface area contributed by atoms with Gasteiger partial charge in [-0.2, -0.15) is 0 Å². The number of carbonyl (C=O) groups is 1. The lowest BCUT2D eigenvalue weighted by atomic mass is 9.91. The van der Waals surface area contributed by atoms with E-state index in [9.17, 15) is 9.90 Å². The minimum atomic E-state index is -0.832. The topological polar surface area (TPSA) is 85.2 Å². The van der Waals surface area contributed by atoms with Gasteiger partial charge in [0, 0.05) is 34.1 Å². The van der Waals surface area contributed by atoms with E-state index in [1.807, 2.05) is 24.3 Å².